The molecule has 2 aromatic rings. The molecule has 3 nitrogen and oxygen atoms in total. The molecule has 0 spiro atoms. The zero-order chi connectivity index (χ0) is 11.5. The van der Waals surface area contributed by atoms with Crippen LogP contribution in [0, 0.1) is 6.92 Å². The van der Waals surface area contributed by atoms with E-state index in [-0.39, 0.29) is 5.43 Å². The monoisotopic (exact) mass is 270 g/mol. The smallest absolute Gasteiger partial charge is 0.182 e. The molecular formula is C10H10N2OS3. The third kappa shape index (κ3) is 2.90. The first-order valence-electron chi connectivity index (χ1n) is 4.56. The van der Waals surface area contributed by atoms with Gasteiger partial charge in [0.05, 0.1) is 8.42 Å². The van der Waals surface area contributed by atoms with Crippen molar-refractivity contribution in [3.05, 3.63) is 34.1 Å². The molecule has 0 saturated carbocycles. The lowest BCUT2D eigenvalue weighted by Gasteiger charge is -1.98. The van der Waals surface area contributed by atoms with Crippen molar-refractivity contribution in [3.8, 4) is 0 Å². The molecule has 2 heterocycles. The Morgan fingerprint density at radius 1 is 1.31 bits per heavy atom. The van der Waals surface area contributed by atoms with Crippen molar-refractivity contribution in [3.63, 3.8) is 0 Å². The maximum atomic E-state index is 11.4. The van der Waals surface area contributed by atoms with E-state index in [4.69, 9.17) is 0 Å². The molecule has 6 heteroatoms. The second-order valence-electron chi connectivity index (χ2n) is 3.13. The number of H-pyrrole nitrogens is 1. The van der Waals surface area contributed by atoms with Gasteiger partial charge in [-0.25, -0.2) is 0 Å². The maximum absolute atomic E-state index is 11.4. The highest BCUT2D eigenvalue weighted by Gasteiger charge is 2.04. The normalized spacial score (nSPS) is 10.6. The lowest BCUT2D eigenvalue weighted by atomic mass is 10.5. The summed E-state index contributed by atoms with van der Waals surface area (Å²) in [7, 11) is 0. The van der Waals surface area contributed by atoms with Crippen molar-refractivity contribution in [2.45, 2.75) is 20.4 Å². The van der Waals surface area contributed by atoms with Gasteiger partial charge in [-0.05, 0) is 19.2 Å². The molecule has 0 fully saturated rings. The van der Waals surface area contributed by atoms with Crippen molar-refractivity contribution in [1.82, 2.24) is 10.2 Å². The summed E-state index contributed by atoms with van der Waals surface area (Å²) in [6.07, 6.45) is 1.97. The van der Waals surface area contributed by atoms with Gasteiger partial charge in [0.25, 0.3) is 0 Å². The van der Waals surface area contributed by atoms with Gasteiger partial charge in [-0.3, -0.25) is 9.89 Å². The predicted octanol–water partition coefficient (Wildman–Crippen LogP) is 3.01. The van der Waals surface area contributed by atoms with Gasteiger partial charge in [0.2, 0.25) is 0 Å². The van der Waals surface area contributed by atoms with E-state index in [9.17, 15) is 4.79 Å². The van der Waals surface area contributed by atoms with E-state index in [0.29, 0.717) is 0 Å². The summed E-state index contributed by atoms with van der Waals surface area (Å²) in [4.78, 5) is 11.4. The van der Waals surface area contributed by atoms with Crippen LogP contribution in [-0.2, 0) is 0 Å². The standard InChI is InChI=1S/C10H10N2OS3/c1-6-3-8(12-11-6)15-10-5-7(13)4-9(14-2)16-10/h3-5H,1-2H3,(H,11,12). The topological polar surface area (TPSA) is 45.8 Å². The molecule has 0 radical (unpaired) electrons. The van der Waals surface area contributed by atoms with Crippen LogP contribution >= 0.6 is 34.9 Å². The fourth-order valence-electron chi connectivity index (χ4n) is 1.13. The Bertz CT molecular complexity index is 547. The Morgan fingerprint density at radius 2 is 2.06 bits per heavy atom. The largest absolute Gasteiger partial charge is 0.290 e. The Hall–Kier alpha value is -0.720. The number of hydrogen-bond donors (Lipinski definition) is 1. The molecule has 0 saturated heterocycles. The van der Waals surface area contributed by atoms with Crippen molar-refractivity contribution in [2.24, 2.45) is 0 Å². The van der Waals surface area contributed by atoms with Crippen LogP contribution in [-0.4, -0.2) is 16.5 Å². The maximum Gasteiger partial charge on any atom is 0.182 e. The van der Waals surface area contributed by atoms with E-state index in [0.717, 1.165) is 19.1 Å². The van der Waals surface area contributed by atoms with E-state index >= 15 is 0 Å². The summed E-state index contributed by atoms with van der Waals surface area (Å²) in [5.41, 5.74) is 1.08. The minimum Gasteiger partial charge on any atom is -0.290 e. The summed E-state index contributed by atoms with van der Waals surface area (Å²) in [6.45, 7) is 1.96. The van der Waals surface area contributed by atoms with Gasteiger partial charge >= 0.3 is 0 Å². The minimum atomic E-state index is 0.0536. The molecular weight excluding hydrogens is 260 g/mol. The van der Waals surface area contributed by atoms with Crippen LogP contribution in [0.5, 0.6) is 0 Å². The average molecular weight is 270 g/mol. The van der Waals surface area contributed by atoms with E-state index in [2.05, 4.69) is 10.2 Å². The molecule has 0 aliphatic rings. The zero-order valence-corrected chi connectivity index (χ0v) is 11.3. The molecule has 0 unspecified atom stereocenters. The molecule has 2 aromatic heterocycles. The van der Waals surface area contributed by atoms with Crippen molar-refractivity contribution >= 4 is 34.9 Å². The fourth-order valence-corrected chi connectivity index (χ4v) is 4.08. The number of thioether (sulfide) groups is 1. The van der Waals surface area contributed by atoms with E-state index in [1.807, 2.05) is 19.2 Å². The molecule has 1 N–H and O–H groups in total. The third-order valence-corrected chi connectivity index (χ3v) is 4.96. The van der Waals surface area contributed by atoms with Gasteiger partial charge in [-0.15, -0.1) is 23.1 Å². The Morgan fingerprint density at radius 3 is 2.69 bits per heavy atom. The first kappa shape index (κ1) is 11.8. The predicted molar refractivity (Wildman–Crippen MR) is 69.8 cm³/mol. The molecule has 16 heavy (non-hydrogen) atoms. The summed E-state index contributed by atoms with van der Waals surface area (Å²) in [5, 5.41) is 7.91. The number of nitrogens with zero attached hydrogens (tertiary/aromatic N) is 1. The number of hydrogen-bond acceptors (Lipinski definition) is 5. The lowest BCUT2D eigenvalue weighted by molar-refractivity contribution is 0.982. The van der Waals surface area contributed by atoms with Gasteiger partial charge < -0.3 is 0 Å². The van der Waals surface area contributed by atoms with Crippen LogP contribution < -0.4 is 5.43 Å². The summed E-state index contributed by atoms with van der Waals surface area (Å²) >= 11 is 4.72. The molecule has 0 atom stereocenters. The summed E-state index contributed by atoms with van der Waals surface area (Å²) < 4.78 is 2.01. The van der Waals surface area contributed by atoms with Gasteiger partial charge in [-0.2, -0.15) is 5.10 Å². The van der Waals surface area contributed by atoms with E-state index < -0.39 is 0 Å². The number of nitrogens with one attached hydrogen (secondary N) is 1. The van der Waals surface area contributed by atoms with Gasteiger partial charge in [0, 0.05) is 17.8 Å². The van der Waals surface area contributed by atoms with Crippen LogP contribution in [0.15, 0.2) is 36.4 Å². The second-order valence-corrected chi connectivity index (χ2v) is 6.64. The molecule has 84 valence electrons. The first-order chi connectivity index (χ1) is 7.67. The third-order valence-electron chi connectivity index (χ3n) is 1.81. The van der Waals surface area contributed by atoms with Crippen LogP contribution in [0.3, 0.4) is 0 Å². The first-order valence-corrected chi connectivity index (χ1v) is 7.42. The van der Waals surface area contributed by atoms with E-state index in [1.165, 1.54) is 11.8 Å². The number of aromatic nitrogens is 2. The number of rotatable bonds is 3. The van der Waals surface area contributed by atoms with Crippen LogP contribution in [0.1, 0.15) is 5.69 Å². The van der Waals surface area contributed by atoms with Crippen molar-refractivity contribution in [1.29, 1.82) is 0 Å². The highest BCUT2D eigenvalue weighted by atomic mass is 32.2. The molecule has 0 bridgehead atoms. The van der Waals surface area contributed by atoms with Gasteiger partial charge in [-0.1, -0.05) is 11.8 Å². The highest BCUT2D eigenvalue weighted by molar-refractivity contribution is 8.03. The highest BCUT2D eigenvalue weighted by Crippen LogP contribution is 2.32. The molecule has 0 aliphatic heterocycles. The number of aryl methyl sites for hydroxylation is 1. The molecule has 0 amide bonds. The average Bonchev–Trinajstić information content (AvgIpc) is 2.63. The van der Waals surface area contributed by atoms with Crippen LogP contribution in [0.25, 0.3) is 0 Å². The number of aromatic amines is 1. The SMILES string of the molecule is CSc1cc(=O)cc(Sc2cc(C)[nH]n2)s1. The van der Waals surface area contributed by atoms with Crippen molar-refractivity contribution in [2.75, 3.05) is 6.26 Å². The van der Waals surface area contributed by atoms with Crippen molar-refractivity contribution < 1.29 is 0 Å². The summed E-state index contributed by atoms with van der Waals surface area (Å²) in [5.74, 6) is 0. The Labute approximate surface area is 106 Å². The fraction of sp³-hybridized carbons (Fsp3) is 0.200. The summed E-state index contributed by atoms with van der Waals surface area (Å²) in [6, 6.07) is 5.28. The second kappa shape index (κ2) is 5.07. The van der Waals surface area contributed by atoms with Crippen LogP contribution in [0.4, 0.5) is 0 Å². The van der Waals surface area contributed by atoms with Gasteiger partial charge in [0.1, 0.15) is 5.03 Å². The molecule has 0 aromatic carbocycles. The van der Waals surface area contributed by atoms with Crippen LogP contribution in [0.2, 0.25) is 0 Å². The molecule has 2 rings (SSSR count). The lowest BCUT2D eigenvalue weighted by Crippen LogP contribution is -1.95. The van der Waals surface area contributed by atoms with E-state index in [1.54, 1.807) is 35.2 Å². The van der Waals surface area contributed by atoms with Gasteiger partial charge in [0.15, 0.2) is 5.43 Å². The quantitative estimate of drug-likeness (QED) is 0.871. The minimum absolute atomic E-state index is 0.0536. The Balaban J connectivity index is 2.27. The Kier molecular flexibility index (Phi) is 3.73. The zero-order valence-electron chi connectivity index (χ0n) is 8.81. The molecule has 0 aliphatic carbocycles.